The largest absolute Gasteiger partial charge is 0.351 e. The summed E-state index contributed by atoms with van der Waals surface area (Å²) in [6.45, 7) is 1.99. The molecule has 1 aromatic carbocycles. The minimum absolute atomic E-state index is 0.0268. The quantitative estimate of drug-likeness (QED) is 0.748. The van der Waals surface area contributed by atoms with Crippen LogP contribution >= 0.6 is 11.3 Å². The first-order valence-electron chi connectivity index (χ1n) is 6.16. The van der Waals surface area contributed by atoms with Crippen LogP contribution in [0.1, 0.15) is 28.3 Å². The number of hydrogen-bond acceptors (Lipinski definition) is 2. The van der Waals surface area contributed by atoms with E-state index < -0.39 is 0 Å². The molecule has 0 radical (unpaired) electrons. The number of rotatable bonds is 3. The molecule has 0 aliphatic heterocycles. The molecule has 1 amide bonds. The van der Waals surface area contributed by atoms with Gasteiger partial charge in [-0.3, -0.25) is 4.79 Å². The molecule has 96 valence electrons. The molecule has 3 aromatic rings. The smallest absolute Gasteiger partial charge is 0.268 e. The first-order valence-corrected chi connectivity index (χ1v) is 7.04. The molecular formula is C15H14N2OS. The third-order valence-electron chi connectivity index (χ3n) is 3.09. The Morgan fingerprint density at radius 3 is 2.84 bits per heavy atom. The zero-order valence-electron chi connectivity index (χ0n) is 10.5. The highest BCUT2D eigenvalue weighted by Gasteiger charge is 2.13. The van der Waals surface area contributed by atoms with E-state index in [0.29, 0.717) is 5.69 Å². The fourth-order valence-corrected chi connectivity index (χ4v) is 2.81. The Morgan fingerprint density at radius 1 is 1.26 bits per heavy atom. The molecule has 3 nitrogen and oxygen atoms in total. The lowest BCUT2D eigenvalue weighted by Gasteiger charge is -2.11. The number of para-hydroxylation sites is 1. The molecule has 0 bridgehead atoms. The van der Waals surface area contributed by atoms with Gasteiger partial charge in [0, 0.05) is 15.8 Å². The molecule has 1 unspecified atom stereocenters. The first-order chi connectivity index (χ1) is 9.24. The maximum absolute atomic E-state index is 12.2. The van der Waals surface area contributed by atoms with Gasteiger partial charge in [-0.1, -0.05) is 24.3 Å². The van der Waals surface area contributed by atoms with E-state index in [4.69, 9.17) is 0 Å². The van der Waals surface area contributed by atoms with Crippen LogP contribution in [0.3, 0.4) is 0 Å². The average molecular weight is 270 g/mol. The second-order valence-corrected chi connectivity index (χ2v) is 5.46. The topological polar surface area (TPSA) is 44.9 Å². The normalized spacial score (nSPS) is 12.5. The lowest BCUT2D eigenvalue weighted by atomic mass is 10.2. The molecule has 2 heterocycles. The van der Waals surface area contributed by atoms with Gasteiger partial charge in [0.15, 0.2) is 0 Å². The Kier molecular flexibility index (Phi) is 3.09. The number of carbonyl (C=O) groups is 1. The zero-order valence-corrected chi connectivity index (χ0v) is 11.3. The highest BCUT2D eigenvalue weighted by atomic mass is 32.1. The van der Waals surface area contributed by atoms with E-state index in [0.717, 1.165) is 15.8 Å². The monoisotopic (exact) mass is 270 g/mol. The van der Waals surface area contributed by atoms with Crippen LogP contribution in [0.15, 0.2) is 47.8 Å². The summed E-state index contributed by atoms with van der Waals surface area (Å²) in [5.41, 5.74) is 1.58. The Morgan fingerprint density at radius 2 is 2.11 bits per heavy atom. The van der Waals surface area contributed by atoms with Crippen molar-refractivity contribution in [3.8, 4) is 0 Å². The van der Waals surface area contributed by atoms with Crippen molar-refractivity contribution in [1.29, 1.82) is 0 Å². The van der Waals surface area contributed by atoms with Crippen molar-refractivity contribution in [2.45, 2.75) is 13.0 Å². The van der Waals surface area contributed by atoms with E-state index in [-0.39, 0.29) is 11.9 Å². The van der Waals surface area contributed by atoms with Crippen LogP contribution in [-0.4, -0.2) is 10.9 Å². The van der Waals surface area contributed by atoms with Gasteiger partial charge in [0.25, 0.3) is 5.91 Å². The van der Waals surface area contributed by atoms with Crippen LogP contribution in [0.4, 0.5) is 0 Å². The molecule has 0 saturated carbocycles. The number of aromatic amines is 1. The van der Waals surface area contributed by atoms with Crippen molar-refractivity contribution < 1.29 is 4.79 Å². The summed E-state index contributed by atoms with van der Waals surface area (Å²) in [6, 6.07) is 13.8. The summed E-state index contributed by atoms with van der Waals surface area (Å²) in [7, 11) is 0. The Hall–Kier alpha value is -2.07. The minimum atomic E-state index is -0.0721. The number of aromatic nitrogens is 1. The van der Waals surface area contributed by atoms with E-state index >= 15 is 0 Å². The third-order valence-corrected chi connectivity index (χ3v) is 4.15. The maximum Gasteiger partial charge on any atom is 0.268 e. The van der Waals surface area contributed by atoms with Crippen molar-refractivity contribution >= 4 is 28.1 Å². The van der Waals surface area contributed by atoms with Crippen molar-refractivity contribution in [3.05, 3.63) is 58.4 Å². The molecule has 0 aliphatic carbocycles. The number of amides is 1. The van der Waals surface area contributed by atoms with Crippen LogP contribution < -0.4 is 5.32 Å². The van der Waals surface area contributed by atoms with Gasteiger partial charge in [0.1, 0.15) is 5.69 Å². The number of benzene rings is 1. The second kappa shape index (κ2) is 4.90. The van der Waals surface area contributed by atoms with Crippen molar-refractivity contribution in [1.82, 2.24) is 10.3 Å². The van der Waals surface area contributed by atoms with Gasteiger partial charge in [-0.15, -0.1) is 11.3 Å². The number of fused-ring (bicyclic) bond motifs is 1. The van der Waals surface area contributed by atoms with Crippen LogP contribution in [0.5, 0.6) is 0 Å². The van der Waals surface area contributed by atoms with Crippen molar-refractivity contribution in [3.63, 3.8) is 0 Å². The lowest BCUT2D eigenvalue weighted by Crippen LogP contribution is -2.26. The van der Waals surface area contributed by atoms with E-state index in [9.17, 15) is 4.79 Å². The highest BCUT2D eigenvalue weighted by molar-refractivity contribution is 7.10. The second-order valence-electron chi connectivity index (χ2n) is 4.48. The van der Waals surface area contributed by atoms with Crippen LogP contribution in [0.25, 0.3) is 10.9 Å². The molecule has 0 saturated heterocycles. The molecular weight excluding hydrogens is 256 g/mol. The molecule has 0 fully saturated rings. The summed E-state index contributed by atoms with van der Waals surface area (Å²) in [5.74, 6) is -0.0721. The van der Waals surface area contributed by atoms with Crippen molar-refractivity contribution in [2.24, 2.45) is 0 Å². The average Bonchev–Trinajstić information content (AvgIpc) is 3.07. The Bertz CT molecular complexity index is 667. The SMILES string of the molecule is CC(NC(=O)c1cc2ccccc2[nH]1)c1cccs1. The van der Waals surface area contributed by atoms with E-state index in [1.54, 1.807) is 11.3 Å². The Labute approximate surface area is 115 Å². The molecule has 1 atom stereocenters. The molecule has 2 aromatic heterocycles. The van der Waals surface area contributed by atoms with Gasteiger partial charge >= 0.3 is 0 Å². The molecule has 2 N–H and O–H groups in total. The first kappa shape index (κ1) is 12.0. The third kappa shape index (κ3) is 2.39. The van der Waals surface area contributed by atoms with Gasteiger partial charge in [-0.05, 0) is 30.5 Å². The van der Waals surface area contributed by atoms with Crippen molar-refractivity contribution in [2.75, 3.05) is 0 Å². The number of thiophene rings is 1. The predicted octanol–water partition coefficient (Wildman–Crippen LogP) is 3.72. The van der Waals surface area contributed by atoms with Crippen LogP contribution in [-0.2, 0) is 0 Å². The van der Waals surface area contributed by atoms with Gasteiger partial charge in [0.2, 0.25) is 0 Å². The summed E-state index contributed by atoms with van der Waals surface area (Å²) in [4.78, 5) is 16.5. The van der Waals surface area contributed by atoms with E-state index in [2.05, 4.69) is 10.3 Å². The highest BCUT2D eigenvalue weighted by Crippen LogP contribution is 2.19. The minimum Gasteiger partial charge on any atom is -0.351 e. The van der Waals surface area contributed by atoms with Crippen LogP contribution in [0, 0.1) is 0 Å². The standard InChI is InChI=1S/C15H14N2OS/c1-10(14-7-4-8-19-14)16-15(18)13-9-11-5-2-3-6-12(11)17-13/h2-10,17H,1H3,(H,16,18). The van der Waals surface area contributed by atoms with Crippen LogP contribution in [0.2, 0.25) is 0 Å². The summed E-state index contributed by atoms with van der Waals surface area (Å²) in [5, 5.41) is 6.07. The summed E-state index contributed by atoms with van der Waals surface area (Å²) in [6.07, 6.45) is 0. The van der Waals surface area contributed by atoms with Gasteiger partial charge in [0.05, 0.1) is 6.04 Å². The van der Waals surface area contributed by atoms with Gasteiger partial charge < -0.3 is 10.3 Å². The predicted molar refractivity (Wildman–Crippen MR) is 78.5 cm³/mol. The number of hydrogen-bond donors (Lipinski definition) is 2. The van der Waals surface area contributed by atoms with Gasteiger partial charge in [-0.25, -0.2) is 0 Å². The molecule has 19 heavy (non-hydrogen) atoms. The van der Waals surface area contributed by atoms with E-state index in [1.807, 2.05) is 54.8 Å². The number of carbonyl (C=O) groups excluding carboxylic acids is 1. The number of nitrogens with one attached hydrogen (secondary N) is 2. The zero-order chi connectivity index (χ0) is 13.2. The summed E-state index contributed by atoms with van der Waals surface area (Å²) >= 11 is 1.65. The molecule has 3 rings (SSSR count). The number of H-pyrrole nitrogens is 1. The fourth-order valence-electron chi connectivity index (χ4n) is 2.08. The van der Waals surface area contributed by atoms with E-state index in [1.165, 1.54) is 0 Å². The Balaban J connectivity index is 1.80. The molecule has 0 spiro atoms. The lowest BCUT2D eigenvalue weighted by molar-refractivity contribution is 0.0936. The van der Waals surface area contributed by atoms with Gasteiger partial charge in [-0.2, -0.15) is 0 Å². The fraction of sp³-hybridized carbons (Fsp3) is 0.133. The summed E-state index contributed by atoms with van der Waals surface area (Å²) < 4.78 is 0. The maximum atomic E-state index is 12.2. The molecule has 4 heteroatoms. The molecule has 0 aliphatic rings.